The minimum absolute atomic E-state index is 0.0101. The second-order valence-corrected chi connectivity index (χ2v) is 7.17. The van der Waals surface area contributed by atoms with Crippen LogP contribution in [-0.4, -0.2) is 24.1 Å². The van der Waals surface area contributed by atoms with E-state index in [1.807, 2.05) is 30.3 Å². The highest BCUT2D eigenvalue weighted by Gasteiger charge is 2.16. The molecule has 0 fully saturated rings. The van der Waals surface area contributed by atoms with Gasteiger partial charge < -0.3 is 16.4 Å². The summed E-state index contributed by atoms with van der Waals surface area (Å²) < 4.78 is 0. The number of primary amides is 1. The number of hydrogen-bond donors (Lipinski definition) is 3. The third kappa shape index (κ3) is 4.63. The van der Waals surface area contributed by atoms with Crippen LogP contribution in [-0.2, 0) is 4.79 Å². The zero-order chi connectivity index (χ0) is 20.1. The van der Waals surface area contributed by atoms with Crippen LogP contribution in [0.2, 0.25) is 0 Å². The van der Waals surface area contributed by atoms with Crippen LogP contribution in [0.1, 0.15) is 27.6 Å². The Kier molecular flexibility index (Phi) is 5.86. The van der Waals surface area contributed by atoms with Gasteiger partial charge in [-0.3, -0.25) is 14.4 Å². The van der Waals surface area contributed by atoms with Gasteiger partial charge in [0.05, 0.1) is 12.1 Å². The van der Waals surface area contributed by atoms with E-state index in [9.17, 15) is 14.4 Å². The summed E-state index contributed by atoms with van der Waals surface area (Å²) in [4.78, 5) is 36.2. The molecule has 1 heterocycles. The van der Waals surface area contributed by atoms with Crippen molar-refractivity contribution in [3.8, 4) is 10.4 Å². The maximum Gasteiger partial charge on any atom is 0.251 e. The van der Waals surface area contributed by atoms with E-state index < -0.39 is 5.91 Å². The van der Waals surface area contributed by atoms with Crippen LogP contribution in [0.3, 0.4) is 0 Å². The van der Waals surface area contributed by atoms with Crippen LogP contribution < -0.4 is 16.4 Å². The number of thiophene rings is 1. The van der Waals surface area contributed by atoms with E-state index in [0.717, 1.165) is 10.4 Å². The SMILES string of the molecule is CC(=O)c1ccc(NCC(=O)Nc2sc(-c3ccccc3)cc2C(N)=O)cc1. The average Bonchev–Trinajstić information content (AvgIpc) is 3.11. The first-order valence-corrected chi connectivity index (χ1v) is 9.39. The van der Waals surface area contributed by atoms with Crippen molar-refractivity contribution in [2.75, 3.05) is 17.2 Å². The third-order valence-electron chi connectivity index (χ3n) is 4.05. The molecule has 3 aromatic rings. The number of rotatable bonds is 7. The van der Waals surface area contributed by atoms with E-state index in [4.69, 9.17) is 5.73 Å². The molecule has 0 saturated heterocycles. The highest BCUT2D eigenvalue weighted by molar-refractivity contribution is 7.20. The fourth-order valence-electron chi connectivity index (χ4n) is 2.59. The maximum atomic E-state index is 12.3. The Hall–Kier alpha value is -3.45. The summed E-state index contributed by atoms with van der Waals surface area (Å²) in [6.45, 7) is 1.51. The standard InChI is InChI=1S/C21H19N3O3S/c1-13(25)14-7-9-16(10-8-14)23-12-19(26)24-21-17(20(22)27)11-18(28-21)15-5-3-2-4-6-15/h2-11,23H,12H2,1H3,(H2,22,27)(H,24,26). The van der Waals surface area contributed by atoms with Crippen LogP contribution in [0.25, 0.3) is 10.4 Å². The maximum absolute atomic E-state index is 12.3. The second-order valence-electron chi connectivity index (χ2n) is 6.12. The number of nitrogens with two attached hydrogens (primary N) is 1. The van der Waals surface area contributed by atoms with Crippen LogP contribution in [0, 0.1) is 0 Å². The van der Waals surface area contributed by atoms with Gasteiger partial charge in [-0.2, -0.15) is 0 Å². The van der Waals surface area contributed by atoms with Crippen molar-refractivity contribution in [3.63, 3.8) is 0 Å². The molecule has 0 aliphatic carbocycles. The van der Waals surface area contributed by atoms with E-state index in [-0.39, 0.29) is 23.8 Å². The van der Waals surface area contributed by atoms with Gasteiger partial charge in [0.15, 0.2) is 5.78 Å². The zero-order valence-corrected chi connectivity index (χ0v) is 16.0. The lowest BCUT2D eigenvalue weighted by Crippen LogP contribution is -2.23. The number of hydrogen-bond acceptors (Lipinski definition) is 5. The molecule has 0 aliphatic heterocycles. The molecule has 7 heteroatoms. The van der Waals surface area contributed by atoms with Crippen molar-refractivity contribution in [2.45, 2.75) is 6.92 Å². The molecule has 0 aliphatic rings. The molecule has 2 aromatic carbocycles. The Morgan fingerprint density at radius 2 is 1.68 bits per heavy atom. The summed E-state index contributed by atoms with van der Waals surface area (Å²) in [5, 5.41) is 6.15. The van der Waals surface area contributed by atoms with Crippen LogP contribution in [0.15, 0.2) is 60.7 Å². The molecule has 4 N–H and O–H groups in total. The smallest absolute Gasteiger partial charge is 0.251 e. The largest absolute Gasteiger partial charge is 0.376 e. The predicted molar refractivity (Wildman–Crippen MR) is 112 cm³/mol. The summed E-state index contributed by atoms with van der Waals surface area (Å²) >= 11 is 1.30. The Bertz CT molecular complexity index is 1010. The molecule has 3 rings (SSSR count). The van der Waals surface area contributed by atoms with E-state index in [2.05, 4.69) is 10.6 Å². The fourth-order valence-corrected chi connectivity index (χ4v) is 3.67. The van der Waals surface area contributed by atoms with Crippen LogP contribution >= 0.6 is 11.3 Å². The van der Waals surface area contributed by atoms with Gasteiger partial charge in [0, 0.05) is 16.1 Å². The van der Waals surface area contributed by atoms with Gasteiger partial charge in [-0.1, -0.05) is 30.3 Å². The van der Waals surface area contributed by atoms with Crippen LogP contribution in [0.4, 0.5) is 10.7 Å². The van der Waals surface area contributed by atoms with Gasteiger partial charge in [-0.25, -0.2) is 0 Å². The molecular weight excluding hydrogens is 374 g/mol. The molecule has 6 nitrogen and oxygen atoms in total. The quantitative estimate of drug-likeness (QED) is 0.532. The number of Topliss-reactive ketones (excluding diaryl/α,β-unsaturated/α-hetero) is 1. The zero-order valence-electron chi connectivity index (χ0n) is 15.2. The second kappa shape index (κ2) is 8.49. The highest BCUT2D eigenvalue weighted by Crippen LogP contribution is 2.35. The highest BCUT2D eigenvalue weighted by atomic mass is 32.1. The van der Waals surface area contributed by atoms with E-state index in [1.54, 1.807) is 30.3 Å². The van der Waals surface area contributed by atoms with Gasteiger partial charge >= 0.3 is 0 Å². The first-order chi connectivity index (χ1) is 13.4. The van der Waals surface area contributed by atoms with E-state index >= 15 is 0 Å². The van der Waals surface area contributed by atoms with Gasteiger partial charge in [0.2, 0.25) is 5.91 Å². The van der Waals surface area contributed by atoms with Crippen molar-refractivity contribution >= 4 is 39.6 Å². The average molecular weight is 393 g/mol. The molecule has 1 aromatic heterocycles. The molecule has 0 spiro atoms. The minimum Gasteiger partial charge on any atom is -0.376 e. The molecular formula is C21H19N3O3S. The molecule has 0 saturated carbocycles. The lowest BCUT2D eigenvalue weighted by Gasteiger charge is -2.08. The molecule has 0 unspecified atom stereocenters. The number of anilines is 2. The van der Waals surface area contributed by atoms with Gasteiger partial charge in [-0.05, 0) is 42.8 Å². The molecule has 142 valence electrons. The van der Waals surface area contributed by atoms with Crippen molar-refractivity contribution in [3.05, 3.63) is 71.8 Å². The molecule has 0 atom stereocenters. The number of ketones is 1. The summed E-state index contributed by atoms with van der Waals surface area (Å²) in [6.07, 6.45) is 0. The fraction of sp³-hybridized carbons (Fsp3) is 0.0952. The number of amides is 2. The summed E-state index contributed by atoms with van der Waals surface area (Å²) in [7, 11) is 0. The Morgan fingerprint density at radius 3 is 2.29 bits per heavy atom. The third-order valence-corrected chi connectivity index (χ3v) is 5.15. The van der Waals surface area contributed by atoms with E-state index in [1.165, 1.54) is 18.3 Å². The summed E-state index contributed by atoms with van der Waals surface area (Å²) in [5.74, 6) is -0.920. The van der Waals surface area contributed by atoms with Gasteiger partial charge in [-0.15, -0.1) is 11.3 Å². The summed E-state index contributed by atoms with van der Waals surface area (Å²) in [6, 6.07) is 18.1. The number of nitrogens with one attached hydrogen (secondary N) is 2. The van der Waals surface area contributed by atoms with Crippen LogP contribution in [0.5, 0.6) is 0 Å². The molecule has 2 amide bonds. The predicted octanol–water partition coefficient (Wildman–Crippen LogP) is 3.77. The Balaban J connectivity index is 1.68. The van der Waals surface area contributed by atoms with Crippen molar-refractivity contribution < 1.29 is 14.4 Å². The van der Waals surface area contributed by atoms with E-state index in [0.29, 0.717) is 16.3 Å². The minimum atomic E-state index is -0.596. The molecule has 0 radical (unpaired) electrons. The Labute approximate surface area is 166 Å². The first-order valence-electron chi connectivity index (χ1n) is 8.58. The number of benzene rings is 2. The lowest BCUT2D eigenvalue weighted by molar-refractivity contribution is -0.114. The first kappa shape index (κ1) is 19.3. The number of carbonyl (C=O) groups is 3. The van der Waals surface area contributed by atoms with Crippen molar-refractivity contribution in [1.82, 2.24) is 0 Å². The van der Waals surface area contributed by atoms with Crippen molar-refractivity contribution in [2.24, 2.45) is 5.73 Å². The molecule has 28 heavy (non-hydrogen) atoms. The topological polar surface area (TPSA) is 101 Å². The molecule has 0 bridgehead atoms. The van der Waals surface area contributed by atoms with Crippen molar-refractivity contribution in [1.29, 1.82) is 0 Å². The Morgan fingerprint density at radius 1 is 1.00 bits per heavy atom. The number of carbonyl (C=O) groups excluding carboxylic acids is 3. The van der Waals surface area contributed by atoms with Gasteiger partial charge in [0.25, 0.3) is 5.91 Å². The lowest BCUT2D eigenvalue weighted by atomic mass is 10.1. The normalized spacial score (nSPS) is 10.3. The van der Waals surface area contributed by atoms with Gasteiger partial charge in [0.1, 0.15) is 5.00 Å². The summed E-state index contributed by atoms with van der Waals surface area (Å²) in [5.41, 5.74) is 8.00. The monoisotopic (exact) mass is 393 g/mol.